The van der Waals surface area contributed by atoms with Gasteiger partial charge in [-0.1, -0.05) is 26.0 Å². The van der Waals surface area contributed by atoms with Crippen LogP contribution in [0.25, 0.3) is 0 Å². The molecule has 0 aliphatic carbocycles. The number of hydrogen-bond donors (Lipinski definition) is 3. The van der Waals surface area contributed by atoms with Gasteiger partial charge in [-0.05, 0) is 36.5 Å². The number of benzene rings is 1. The minimum Gasteiger partial charge on any atom is -0.480 e. The molecule has 7 heteroatoms. The van der Waals surface area contributed by atoms with Crippen molar-refractivity contribution in [2.75, 3.05) is 6.61 Å². The number of rotatable bonds is 8. The Kier molecular flexibility index (Phi) is 6.32. The molecule has 0 heterocycles. The molecule has 0 spiro atoms. The number of aliphatic hydroxyl groups is 1. The van der Waals surface area contributed by atoms with E-state index < -0.39 is 28.6 Å². The summed E-state index contributed by atoms with van der Waals surface area (Å²) in [5.41, 5.74) is 1.02. The maximum atomic E-state index is 12.1. The van der Waals surface area contributed by atoms with Crippen LogP contribution in [0.15, 0.2) is 29.2 Å². The van der Waals surface area contributed by atoms with E-state index in [9.17, 15) is 13.2 Å². The van der Waals surface area contributed by atoms with E-state index in [1.54, 1.807) is 12.1 Å². The first-order chi connectivity index (χ1) is 9.76. The van der Waals surface area contributed by atoms with E-state index in [0.29, 0.717) is 5.92 Å². The van der Waals surface area contributed by atoms with Crippen LogP contribution in [0.5, 0.6) is 0 Å². The summed E-state index contributed by atoms with van der Waals surface area (Å²) < 4.78 is 26.3. The average molecular weight is 315 g/mol. The molecule has 118 valence electrons. The first-order valence-corrected chi connectivity index (χ1v) is 8.19. The van der Waals surface area contributed by atoms with Crippen molar-refractivity contribution in [2.45, 2.75) is 37.6 Å². The van der Waals surface area contributed by atoms with Crippen LogP contribution < -0.4 is 4.72 Å². The zero-order valence-corrected chi connectivity index (χ0v) is 12.9. The number of carbonyl (C=O) groups is 1. The number of aliphatic hydroxyl groups excluding tert-OH is 1. The lowest BCUT2D eigenvalue weighted by atomic mass is 10.0. The van der Waals surface area contributed by atoms with E-state index in [2.05, 4.69) is 18.6 Å². The predicted molar refractivity (Wildman–Crippen MR) is 78.4 cm³/mol. The highest BCUT2D eigenvalue weighted by Crippen LogP contribution is 2.14. The second kappa shape index (κ2) is 7.53. The Morgan fingerprint density at radius 3 is 2.24 bits per heavy atom. The van der Waals surface area contributed by atoms with Gasteiger partial charge in [0, 0.05) is 6.61 Å². The Balaban J connectivity index is 2.89. The van der Waals surface area contributed by atoms with Gasteiger partial charge >= 0.3 is 5.97 Å². The molecule has 0 aliphatic heterocycles. The molecule has 1 rings (SSSR count). The van der Waals surface area contributed by atoms with E-state index >= 15 is 0 Å². The molecule has 0 amide bonds. The smallest absolute Gasteiger partial charge is 0.321 e. The van der Waals surface area contributed by atoms with Crippen molar-refractivity contribution in [2.24, 2.45) is 5.92 Å². The fourth-order valence-corrected chi connectivity index (χ4v) is 3.12. The molecule has 0 bridgehead atoms. The third-order valence-electron chi connectivity index (χ3n) is 2.89. The summed E-state index contributed by atoms with van der Waals surface area (Å²) in [5.74, 6) is -0.851. The summed E-state index contributed by atoms with van der Waals surface area (Å²) >= 11 is 0. The second-order valence-electron chi connectivity index (χ2n) is 5.27. The van der Waals surface area contributed by atoms with Crippen LogP contribution >= 0.6 is 0 Å². The zero-order valence-electron chi connectivity index (χ0n) is 12.1. The monoisotopic (exact) mass is 315 g/mol. The Hall–Kier alpha value is -1.44. The molecule has 0 fully saturated rings. The SMILES string of the molecule is CC(C)Cc1ccc(S(=O)(=O)NC(CCO)C(=O)O)cc1. The molecule has 0 saturated carbocycles. The van der Waals surface area contributed by atoms with Crippen LogP contribution in [-0.4, -0.2) is 37.2 Å². The third-order valence-corrected chi connectivity index (χ3v) is 4.38. The lowest BCUT2D eigenvalue weighted by molar-refractivity contribution is -0.139. The van der Waals surface area contributed by atoms with Gasteiger partial charge in [0.05, 0.1) is 4.90 Å². The second-order valence-corrected chi connectivity index (χ2v) is 6.98. The van der Waals surface area contributed by atoms with Crippen LogP contribution in [-0.2, 0) is 21.2 Å². The molecular formula is C14H21NO5S. The average Bonchev–Trinajstić information content (AvgIpc) is 2.37. The molecule has 6 nitrogen and oxygen atoms in total. The number of aliphatic carboxylic acids is 1. The largest absolute Gasteiger partial charge is 0.480 e. The maximum absolute atomic E-state index is 12.1. The Morgan fingerprint density at radius 2 is 1.81 bits per heavy atom. The fraction of sp³-hybridized carbons (Fsp3) is 0.500. The molecule has 21 heavy (non-hydrogen) atoms. The minimum absolute atomic E-state index is 0.0131. The maximum Gasteiger partial charge on any atom is 0.321 e. The number of carboxylic acids is 1. The van der Waals surface area contributed by atoms with Crippen molar-refractivity contribution >= 4 is 16.0 Å². The summed E-state index contributed by atoms with van der Waals surface area (Å²) in [5, 5.41) is 17.7. The van der Waals surface area contributed by atoms with Gasteiger partial charge in [-0.2, -0.15) is 4.72 Å². The summed E-state index contributed by atoms with van der Waals surface area (Å²) in [7, 11) is -3.91. The van der Waals surface area contributed by atoms with Gasteiger partial charge in [0.2, 0.25) is 10.0 Å². The Bertz CT molecular complexity index is 566. The first kappa shape index (κ1) is 17.6. The van der Waals surface area contributed by atoms with Crippen LogP contribution in [0.4, 0.5) is 0 Å². The molecule has 0 aromatic heterocycles. The van der Waals surface area contributed by atoms with Crippen molar-refractivity contribution in [3.8, 4) is 0 Å². The summed E-state index contributed by atoms with van der Waals surface area (Å²) in [4.78, 5) is 10.9. The highest BCUT2D eigenvalue weighted by Gasteiger charge is 2.24. The molecule has 1 atom stereocenters. The Labute approximate surface area is 124 Å². The van der Waals surface area contributed by atoms with Gasteiger partial charge in [0.25, 0.3) is 0 Å². The molecule has 1 unspecified atom stereocenters. The Morgan fingerprint density at radius 1 is 1.24 bits per heavy atom. The quantitative estimate of drug-likeness (QED) is 0.664. The first-order valence-electron chi connectivity index (χ1n) is 6.71. The molecule has 1 aromatic rings. The van der Waals surface area contributed by atoms with Gasteiger partial charge in [0.15, 0.2) is 0 Å². The van der Waals surface area contributed by atoms with Crippen molar-refractivity contribution < 1.29 is 23.4 Å². The zero-order chi connectivity index (χ0) is 16.0. The third kappa shape index (κ3) is 5.45. The fourth-order valence-electron chi connectivity index (χ4n) is 1.89. The minimum atomic E-state index is -3.91. The van der Waals surface area contributed by atoms with E-state index in [1.165, 1.54) is 12.1 Å². The van der Waals surface area contributed by atoms with Crippen molar-refractivity contribution in [1.82, 2.24) is 4.72 Å². The molecule has 1 aromatic carbocycles. The van der Waals surface area contributed by atoms with Crippen LogP contribution in [0.1, 0.15) is 25.8 Å². The lowest BCUT2D eigenvalue weighted by Gasteiger charge is -2.14. The number of carboxylic acid groups (broad SMARTS) is 1. The van der Waals surface area contributed by atoms with Crippen molar-refractivity contribution in [3.05, 3.63) is 29.8 Å². The standard InChI is InChI=1S/C14H21NO5S/c1-10(2)9-11-3-5-12(6-4-11)21(19,20)15-13(7-8-16)14(17)18/h3-6,10,13,15-16H,7-9H2,1-2H3,(H,17,18). The molecule has 3 N–H and O–H groups in total. The topological polar surface area (TPSA) is 104 Å². The van der Waals surface area contributed by atoms with Gasteiger partial charge < -0.3 is 10.2 Å². The highest BCUT2D eigenvalue weighted by molar-refractivity contribution is 7.89. The summed E-state index contributed by atoms with van der Waals surface area (Å²) in [6.07, 6.45) is 0.663. The van der Waals surface area contributed by atoms with Gasteiger partial charge in [-0.15, -0.1) is 0 Å². The van der Waals surface area contributed by atoms with Crippen molar-refractivity contribution in [1.29, 1.82) is 0 Å². The normalized spacial score (nSPS) is 13.3. The van der Waals surface area contributed by atoms with Gasteiger partial charge in [-0.25, -0.2) is 8.42 Å². The van der Waals surface area contributed by atoms with Crippen LogP contribution in [0, 0.1) is 5.92 Å². The van der Waals surface area contributed by atoms with Gasteiger partial charge in [-0.3, -0.25) is 4.79 Å². The van der Waals surface area contributed by atoms with E-state index in [1.807, 2.05) is 0 Å². The predicted octanol–water partition coefficient (Wildman–Crippen LogP) is 0.999. The van der Waals surface area contributed by atoms with Crippen molar-refractivity contribution in [3.63, 3.8) is 0 Å². The van der Waals surface area contributed by atoms with Crippen LogP contribution in [0.2, 0.25) is 0 Å². The van der Waals surface area contributed by atoms with E-state index in [0.717, 1.165) is 12.0 Å². The highest BCUT2D eigenvalue weighted by atomic mass is 32.2. The number of nitrogens with one attached hydrogen (secondary N) is 1. The molecular weight excluding hydrogens is 294 g/mol. The molecule has 0 radical (unpaired) electrons. The molecule has 0 saturated heterocycles. The number of hydrogen-bond acceptors (Lipinski definition) is 4. The molecule has 0 aliphatic rings. The van der Waals surface area contributed by atoms with E-state index in [4.69, 9.17) is 10.2 Å². The lowest BCUT2D eigenvalue weighted by Crippen LogP contribution is -2.41. The summed E-state index contributed by atoms with van der Waals surface area (Å²) in [6, 6.07) is 5.01. The van der Waals surface area contributed by atoms with E-state index in [-0.39, 0.29) is 11.3 Å². The summed E-state index contributed by atoms with van der Waals surface area (Å²) in [6.45, 7) is 3.73. The van der Waals surface area contributed by atoms with Gasteiger partial charge in [0.1, 0.15) is 6.04 Å². The number of sulfonamides is 1. The van der Waals surface area contributed by atoms with Crippen LogP contribution in [0.3, 0.4) is 0 Å².